The van der Waals surface area contributed by atoms with Gasteiger partial charge in [0.1, 0.15) is 5.01 Å². The van der Waals surface area contributed by atoms with Crippen molar-refractivity contribution in [1.82, 2.24) is 9.71 Å². The topological polar surface area (TPSA) is 89.3 Å². The van der Waals surface area contributed by atoms with Gasteiger partial charge in [-0.3, -0.25) is 9.52 Å². The minimum Gasteiger partial charge on any atom is -0.465 e. The van der Waals surface area contributed by atoms with Crippen molar-refractivity contribution in [2.24, 2.45) is 5.73 Å². The highest BCUT2D eigenvalue weighted by Crippen LogP contribution is 2.38. The number of thiazole rings is 1. The number of nitrogens with two attached hydrogens (primary N) is 1. The lowest BCUT2D eigenvalue weighted by Crippen LogP contribution is -2.29. The molecule has 0 amide bonds. The van der Waals surface area contributed by atoms with Crippen LogP contribution in [-0.2, 0) is 16.1 Å². The first-order valence-electron chi connectivity index (χ1n) is 10.8. The first-order chi connectivity index (χ1) is 15.7. The third kappa shape index (κ3) is 8.81. The van der Waals surface area contributed by atoms with Gasteiger partial charge >= 0.3 is 0 Å². The highest BCUT2D eigenvalue weighted by molar-refractivity contribution is 7.97. The van der Waals surface area contributed by atoms with Crippen molar-refractivity contribution in [1.29, 1.82) is 0 Å². The van der Waals surface area contributed by atoms with Crippen molar-refractivity contribution >= 4 is 35.4 Å². The van der Waals surface area contributed by atoms with Gasteiger partial charge in [0.05, 0.1) is 11.0 Å². The number of rotatable bonds is 8. The number of ether oxygens (including phenoxy) is 1. The summed E-state index contributed by atoms with van der Waals surface area (Å²) in [5.41, 5.74) is 10.4. The number of nitrogens with zero attached hydrogens (tertiary/aromatic N) is 1. The van der Waals surface area contributed by atoms with Crippen LogP contribution in [0.1, 0.15) is 40.2 Å². The third-order valence-corrected chi connectivity index (χ3v) is 6.62. The lowest BCUT2D eigenvalue weighted by Gasteiger charge is -2.20. The average molecular weight is 487 g/mol. The fourth-order valence-corrected chi connectivity index (χ4v) is 4.55. The molecule has 178 valence electrons. The predicted octanol–water partition coefficient (Wildman–Crippen LogP) is 5.94. The van der Waals surface area contributed by atoms with Crippen LogP contribution in [0.3, 0.4) is 0 Å². The molecule has 0 saturated heterocycles. The first kappa shape index (κ1) is 26.9. The van der Waals surface area contributed by atoms with E-state index in [1.165, 1.54) is 10.5 Å². The van der Waals surface area contributed by atoms with Crippen molar-refractivity contribution in [3.8, 4) is 21.0 Å². The van der Waals surface area contributed by atoms with Crippen molar-refractivity contribution in [3.05, 3.63) is 54.2 Å². The smallest absolute Gasteiger partial charge is 0.293 e. The lowest BCUT2D eigenvalue weighted by molar-refractivity contribution is -0.131. The van der Waals surface area contributed by atoms with Crippen LogP contribution in [0.4, 0.5) is 5.69 Å². The van der Waals surface area contributed by atoms with Gasteiger partial charge in [-0.25, -0.2) is 4.98 Å². The highest BCUT2D eigenvalue weighted by atomic mass is 32.2. The van der Waals surface area contributed by atoms with Gasteiger partial charge in [0.2, 0.25) is 0 Å². The average Bonchev–Trinajstić information content (AvgIpc) is 3.27. The fourth-order valence-electron chi connectivity index (χ4n) is 2.61. The number of hydrogen-bond acceptors (Lipinski definition) is 8. The SMILES string of the molecule is CC(C)OC=O.CNc1ccc(-c2ncc(-c3ccc(CN)cc3SNC(C)(C)C)s2)cc1. The van der Waals surface area contributed by atoms with E-state index in [4.69, 9.17) is 5.73 Å². The van der Waals surface area contributed by atoms with E-state index in [0.717, 1.165) is 26.7 Å². The van der Waals surface area contributed by atoms with E-state index in [-0.39, 0.29) is 11.6 Å². The molecule has 8 heteroatoms. The summed E-state index contributed by atoms with van der Waals surface area (Å²) >= 11 is 3.36. The molecule has 0 fully saturated rings. The Bertz CT molecular complexity index is 1010. The molecule has 4 N–H and O–H groups in total. The monoisotopic (exact) mass is 486 g/mol. The van der Waals surface area contributed by atoms with Crippen molar-refractivity contribution in [2.45, 2.75) is 57.7 Å². The highest BCUT2D eigenvalue weighted by Gasteiger charge is 2.15. The second-order valence-corrected chi connectivity index (χ2v) is 10.5. The molecule has 0 aliphatic carbocycles. The van der Waals surface area contributed by atoms with Crippen LogP contribution in [0, 0.1) is 0 Å². The summed E-state index contributed by atoms with van der Waals surface area (Å²) in [5.74, 6) is 0. The summed E-state index contributed by atoms with van der Waals surface area (Å²) in [4.78, 5) is 16.4. The van der Waals surface area contributed by atoms with E-state index in [0.29, 0.717) is 13.0 Å². The Morgan fingerprint density at radius 1 is 1.18 bits per heavy atom. The molecule has 3 aromatic rings. The van der Waals surface area contributed by atoms with Crippen LogP contribution < -0.4 is 15.8 Å². The molecule has 1 heterocycles. The standard InChI is InChI=1S/C21H26N4S2.C4H8O2/c1-21(2,3)25-27-18-11-14(12-22)5-10-17(18)19-13-24-20(26-19)15-6-8-16(23-4)9-7-15;1-4(2)6-3-5/h5-11,13,23,25H,12,22H2,1-4H3;3-4H,1-2H3. The van der Waals surface area contributed by atoms with E-state index in [2.05, 4.69) is 83.0 Å². The maximum atomic E-state index is 9.39. The van der Waals surface area contributed by atoms with Crippen LogP contribution in [-0.4, -0.2) is 30.1 Å². The second kappa shape index (κ2) is 12.7. The number of nitrogens with one attached hydrogen (secondary N) is 2. The first-order valence-corrected chi connectivity index (χ1v) is 12.4. The van der Waals surface area contributed by atoms with E-state index in [1.807, 2.05) is 13.2 Å². The van der Waals surface area contributed by atoms with Gasteiger partial charge in [-0.15, -0.1) is 11.3 Å². The van der Waals surface area contributed by atoms with Gasteiger partial charge in [0.15, 0.2) is 0 Å². The Balaban J connectivity index is 0.000000569. The van der Waals surface area contributed by atoms with Crippen molar-refractivity contribution in [2.75, 3.05) is 12.4 Å². The van der Waals surface area contributed by atoms with E-state index >= 15 is 0 Å². The lowest BCUT2D eigenvalue weighted by atomic mass is 10.1. The van der Waals surface area contributed by atoms with Gasteiger partial charge in [-0.05, 0) is 82.5 Å². The molecule has 0 radical (unpaired) electrons. The van der Waals surface area contributed by atoms with Crippen LogP contribution in [0.15, 0.2) is 53.6 Å². The molecule has 0 spiro atoms. The molecular formula is C25H34N4O2S2. The number of aromatic nitrogens is 1. The summed E-state index contributed by atoms with van der Waals surface area (Å²) < 4.78 is 7.87. The molecule has 33 heavy (non-hydrogen) atoms. The Morgan fingerprint density at radius 2 is 1.88 bits per heavy atom. The van der Waals surface area contributed by atoms with Gasteiger partial charge in [0, 0.05) is 47.0 Å². The Labute approximate surface area is 205 Å². The summed E-state index contributed by atoms with van der Waals surface area (Å²) in [5, 5.41) is 4.17. The zero-order valence-electron chi connectivity index (χ0n) is 20.1. The van der Waals surface area contributed by atoms with Crippen molar-refractivity contribution in [3.63, 3.8) is 0 Å². The molecule has 0 aliphatic heterocycles. The minimum absolute atomic E-state index is 0.0224. The number of hydrogen-bond donors (Lipinski definition) is 3. The molecule has 0 saturated carbocycles. The van der Waals surface area contributed by atoms with Crippen LogP contribution >= 0.6 is 23.3 Å². The van der Waals surface area contributed by atoms with Crippen LogP contribution in [0.2, 0.25) is 0 Å². The van der Waals surface area contributed by atoms with Crippen molar-refractivity contribution < 1.29 is 9.53 Å². The third-order valence-electron chi connectivity index (χ3n) is 4.27. The maximum absolute atomic E-state index is 9.39. The number of benzene rings is 2. The van der Waals surface area contributed by atoms with Gasteiger partial charge in [0.25, 0.3) is 6.47 Å². The minimum atomic E-state index is 0.0224. The largest absolute Gasteiger partial charge is 0.465 e. The summed E-state index contributed by atoms with van der Waals surface area (Å²) in [6.07, 6.45) is 1.99. The molecule has 0 bridgehead atoms. The van der Waals surface area contributed by atoms with E-state index < -0.39 is 0 Å². The Hall–Kier alpha value is -2.39. The van der Waals surface area contributed by atoms with Gasteiger partial charge in [-0.1, -0.05) is 12.1 Å². The quantitative estimate of drug-likeness (QED) is 0.268. The van der Waals surface area contributed by atoms with Gasteiger partial charge in [-0.2, -0.15) is 0 Å². The number of carbonyl (C=O) groups excluding carboxylic acids is 1. The molecule has 0 unspecified atom stereocenters. The molecule has 2 aromatic carbocycles. The fraction of sp³-hybridized carbons (Fsp3) is 0.360. The molecule has 0 atom stereocenters. The zero-order valence-corrected chi connectivity index (χ0v) is 21.8. The number of carbonyl (C=O) groups is 1. The molecule has 1 aromatic heterocycles. The van der Waals surface area contributed by atoms with Gasteiger partial charge < -0.3 is 15.8 Å². The van der Waals surface area contributed by atoms with E-state index in [9.17, 15) is 4.79 Å². The molecule has 0 aliphatic rings. The zero-order chi connectivity index (χ0) is 24.4. The summed E-state index contributed by atoms with van der Waals surface area (Å²) in [6.45, 7) is 11.1. The van der Waals surface area contributed by atoms with Crippen LogP contribution in [0.25, 0.3) is 21.0 Å². The Kier molecular flexibility index (Phi) is 10.4. The molecular weight excluding hydrogens is 452 g/mol. The van der Waals surface area contributed by atoms with E-state index in [1.54, 1.807) is 37.1 Å². The molecule has 3 rings (SSSR count). The normalized spacial score (nSPS) is 11.0. The van der Waals surface area contributed by atoms with Crippen LogP contribution in [0.5, 0.6) is 0 Å². The maximum Gasteiger partial charge on any atom is 0.293 e. The Morgan fingerprint density at radius 3 is 2.39 bits per heavy atom. The summed E-state index contributed by atoms with van der Waals surface area (Å²) in [7, 11) is 1.92. The predicted molar refractivity (Wildman–Crippen MR) is 141 cm³/mol. The second-order valence-electron chi connectivity index (χ2n) is 8.63. The molecule has 6 nitrogen and oxygen atoms in total. The summed E-state index contributed by atoms with van der Waals surface area (Å²) in [6, 6.07) is 14.8. The number of anilines is 1.